The molecule has 0 saturated carbocycles. The number of rotatable bonds is 4. The summed E-state index contributed by atoms with van der Waals surface area (Å²) < 4.78 is 11.6. The second kappa shape index (κ2) is 6.52. The van der Waals surface area contributed by atoms with Crippen molar-refractivity contribution >= 4 is 15.9 Å². The van der Waals surface area contributed by atoms with Crippen LogP contribution in [0.2, 0.25) is 0 Å². The molecule has 0 unspecified atom stereocenters. The van der Waals surface area contributed by atoms with Crippen molar-refractivity contribution in [1.82, 2.24) is 0 Å². The van der Waals surface area contributed by atoms with Crippen LogP contribution in [0.25, 0.3) is 0 Å². The first-order chi connectivity index (χ1) is 9.96. The van der Waals surface area contributed by atoms with Crippen LogP contribution in [0.5, 0.6) is 17.2 Å². The van der Waals surface area contributed by atoms with Crippen molar-refractivity contribution < 1.29 is 9.47 Å². The van der Waals surface area contributed by atoms with Gasteiger partial charge in [0.05, 0.1) is 7.11 Å². The Hall–Kier alpha value is -1.48. The number of ether oxygens (including phenoxy) is 2. The van der Waals surface area contributed by atoms with E-state index in [0.29, 0.717) is 0 Å². The Bertz CT molecular complexity index is 640. The van der Waals surface area contributed by atoms with Gasteiger partial charge in [-0.15, -0.1) is 0 Å². The van der Waals surface area contributed by atoms with E-state index in [9.17, 15) is 0 Å². The highest BCUT2D eigenvalue weighted by Crippen LogP contribution is 2.35. The Morgan fingerprint density at radius 2 is 1.43 bits per heavy atom. The average molecular weight is 349 g/mol. The maximum absolute atomic E-state index is 6.14. The Morgan fingerprint density at radius 1 is 0.857 bits per heavy atom. The lowest BCUT2D eigenvalue weighted by molar-refractivity contribution is 0.405. The fourth-order valence-corrected chi connectivity index (χ4v) is 3.12. The zero-order chi connectivity index (χ0) is 15.6. The molecule has 0 aromatic heterocycles. The summed E-state index contributed by atoms with van der Waals surface area (Å²) in [5, 5.41) is 0.736. The van der Waals surface area contributed by atoms with E-state index in [1.807, 2.05) is 19.1 Å². The van der Waals surface area contributed by atoms with Gasteiger partial charge in [0.25, 0.3) is 0 Å². The fourth-order valence-electron chi connectivity index (χ4n) is 2.71. The molecule has 0 heterocycles. The van der Waals surface area contributed by atoms with Gasteiger partial charge < -0.3 is 9.47 Å². The molecule has 0 fully saturated rings. The molecule has 0 atom stereocenters. The highest BCUT2D eigenvalue weighted by Gasteiger charge is 2.11. The minimum atomic E-state index is 0.736. The van der Waals surface area contributed by atoms with E-state index in [1.54, 1.807) is 7.11 Å². The zero-order valence-corrected chi connectivity index (χ0v) is 14.8. The lowest BCUT2D eigenvalue weighted by atomic mass is 10.1. The first-order valence-corrected chi connectivity index (χ1v) is 8.07. The number of hydrogen-bond acceptors (Lipinski definition) is 2. The minimum absolute atomic E-state index is 0.736. The number of halogens is 1. The van der Waals surface area contributed by atoms with Gasteiger partial charge in [-0.2, -0.15) is 0 Å². The molecular formula is C18H21BrO2. The topological polar surface area (TPSA) is 18.5 Å². The van der Waals surface area contributed by atoms with Gasteiger partial charge in [-0.3, -0.25) is 0 Å². The summed E-state index contributed by atoms with van der Waals surface area (Å²) >= 11 is 3.51. The van der Waals surface area contributed by atoms with Crippen molar-refractivity contribution in [2.45, 2.75) is 33.0 Å². The highest BCUT2D eigenvalue weighted by molar-refractivity contribution is 9.08. The molecule has 21 heavy (non-hydrogen) atoms. The normalized spacial score (nSPS) is 10.6. The van der Waals surface area contributed by atoms with Crippen molar-refractivity contribution in [3.05, 3.63) is 52.1 Å². The van der Waals surface area contributed by atoms with Crippen LogP contribution in [-0.4, -0.2) is 7.11 Å². The molecule has 0 aliphatic heterocycles. The van der Waals surface area contributed by atoms with E-state index in [1.165, 1.54) is 5.56 Å². The Morgan fingerprint density at radius 3 is 1.95 bits per heavy atom. The van der Waals surface area contributed by atoms with E-state index in [0.717, 1.165) is 44.8 Å². The summed E-state index contributed by atoms with van der Waals surface area (Å²) in [7, 11) is 1.70. The number of aryl methyl sites for hydroxylation is 4. The van der Waals surface area contributed by atoms with Crippen LogP contribution in [0.15, 0.2) is 24.3 Å². The van der Waals surface area contributed by atoms with Gasteiger partial charge in [0.1, 0.15) is 17.2 Å². The SMILES string of the molecule is COc1c(C)cc(Oc2c(C)cc(C)cc2C)cc1CBr. The maximum Gasteiger partial charge on any atom is 0.133 e. The molecule has 0 radical (unpaired) electrons. The Labute approximate surface area is 135 Å². The predicted molar refractivity (Wildman–Crippen MR) is 91.1 cm³/mol. The van der Waals surface area contributed by atoms with E-state index in [-0.39, 0.29) is 0 Å². The quantitative estimate of drug-likeness (QED) is 0.668. The molecule has 2 aromatic rings. The minimum Gasteiger partial charge on any atom is -0.496 e. The third kappa shape index (κ3) is 3.41. The maximum atomic E-state index is 6.14. The predicted octanol–water partition coefficient (Wildman–Crippen LogP) is 5.62. The van der Waals surface area contributed by atoms with Gasteiger partial charge in [0.2, 0.25) is 0 Å². The number of hydrogen-bond donors (Lipinski definition) is 0. The smallest absolute Gasteiger partial charge is 0.133 e. The van der Waals surface area contributed by atoms with Crippen molar-refractivity contribution in [3.63, 3.8) is 0 Å². The summed E-state index contributed by atoms with van der Waals surface area (Å²) in [6, 6.07) is 8.33. The number of benzene rings is 2. The molecule has 0 saturated heterocycles. The van der Waals surface area contributed by atoms with Crippen LogP contribution in [0, 0.1) is 27.7 Å². The molecule has 0 aliphatic carbocycles. The summed E-state index contributed by atoms with van der Waals surface area (Å²) in [5.74, 6) is 2.69. The lowest BCUT2D eigenvalue weighted by Gasteiger charge is -2.16. The van der Waals surface area contributed by atoms with Crippen LogP contribution >= 0.6 is 15.9 Å². The molecular weight excluding hydrogens is 328 g/mol. The molecule has 0 spiro atoms. The zero-order valence-electron chi connectivity index (χ0n) is 13.2. The van der Waals surface area contributed by atoms with E-state index in [2.05, 4.69) is 48.8 Å². The van der Waals surface area contributed by atoms with Gasteiger partial charge in [0, 0.05) is 10.9 Å². The van der Waals surface area contributed by atoms with Crippen molar-refractivity contribution in [1.29, 1.82) is 0 Å². The Kier molecular flexibility index (Phi) is 4.94. The molecule has 0 bridgehead atoms. The largest absolute Gasteiger partial charge is 0.496 e. The van der Waals surface area contributed by atoms with E-state index < -0.39 is 0 Å². The van der Waals surface area contributed by atoms with Gasteiger partial charge in [-0.1, -0.05) is 33.6 Å². The van der Waals surface area contributed by atoms with Crippen LogP contribution < -0.4 is 9.47 Å². The highest BCUT2D eigenvalue weighted by atomic mass is 79.9. The van der Waals surface area contributed by atoms with Crippen LogP contribution in [0.4, 0.5) is 0 Å². The second-order valence-corrected chi connectivity index (χ2v) is 5.96. The van der Waals surface area contributed by atoms with Gasteiger partial charge in [0.15, 0.2) is 0 Å². The number of methoxy groups -OCH3 is 1. The molecule has 3 heteroatoms. The van der Waals surface area contributed by atoms with E-state index in [4.69, 9.17) is 9.47 Å². The first kappa shape index (κ1) is 15.9. The summed E-state index contributed by atoms with van der Waals surface area (Å²) in [5.41, 5.74) is 5.73. The summed E-state index contributed by atoms with van der Waals surface area (Å²) in [4.78, 5) is 0. The third-order valence-corrected chi connectivity index (χ3v) is 4.10. The molecule has 0 N–H and O–H groups in total. The fraction of sp³-hybridized carbons (Fsp3) is 0.333. The first-order valence-electron chi connectivity index (χ1n) is 6.95. The van der Waals surface area contributed by atoms with Gasteiger partial charge >= 0.3 is 0 Å². The van der Waals surface area contributed by atoms with Gasteiger partial charge in [-0.25, -0.2) is 0 Å². The van der Waals surface area contributed by atoms with Crippen molar-refractivity contribution in [2.24, 2.45) is 0 Å². The van der Waals surface area contributed by atoms with Crippen molar-refractivity contribution in [3.8, 4) is 17.2 Å². The summed E-state index contributed by atoms with van der Waals surface area (Å²) in [6.07, 6.45) is 0. The molecule has 2 rings (SSSR count). The van der Waals surface area contributed by atoms with Crippen LogP contribution in [0.3, 0.4) is 0 Å². The molecule has 2 nitrogen and oxygen atoms in total. The van der Waals surface area contributed by atoms with Gasteiger partial charge in [-0.05, 0) is 56.5 Å². The lowest BCUT2D eigenvalue weighted by Crippen LogP contribution is -1.97. The average Bonchev–Trinajstić information content (AvgIpc) is 2.42. The van der Waals surface area contributed by atoms with Crippen LogP contribution in [0.1, 0.15) is 27.8 Å². The molecule has 2 aromatic carbocycles. The molecule has 0 amide bonds. The Balaban J connectivity index is 2.43. The standard InChI is InChI=1S/C18H21BrO2/c1-11-6-12(2)17(13(3)7-11)21-16-8-14(4)18(20-5)15(9-16)10-19/h6-9H,10H2,1-5H3. The molecule has 112 valence electrons. The third-order valence-electron chi connectivity index (χ3n) is 3.50. The van der Waals surface area contributed by atoms with E-state index >= 15 is 0 Å². The number of alkyl halides is 1. The van der Waals surface area contributed by atoms with Crippen molar-refractivity contribution in [2.75, 3.05) is 7.11 Å². The monoisotopic (exact) mass is 348 g/mol. The van der Waals surface area contributed by atoms with Crippen LogP contribution in [-0.2, 0) is 5.33 Å². The summed E-state index contributed by atoms with van der Waals surface area (Å²) in [6.45, 7) is 8.30. The molecule has 0 aliphatic rings. The second-order valence-electron chi connectivity index (χ2n) is 5.40.